The zero-order valence-electron chi connectivity index (χ0n) is 14.1. The molecule has 1 aromatic rings. The molecule has 0 bridgehead atoms. The Kier molecular flexibility index (Phi) is 5.39. The highest BCUT2D eigenvalue weighted by atomic mass is 35.5. The van der Waals surface area contributed by atoms with Gasteiger partial charge in [-0.15, -0.1) is 0 Å². The average molecular weight is 441 g/mol. The number of carboxylic acid groups (broad SMARTS) is 1. The van der Waals surface area contributed by atoms with Crippen LogP contribution in [0.2, 0.25) is 0 Å². The van der Waals surface area contributed by atoms with Gasteiger partial charge in [0.2, 0.25) is 29.1 Å². The molecule has 2 amide bonds. The zero-order chi connectivity index (χ0) is 21.6. The van der Waals surface area contributed by atoms with Crippen molar-refractivity contribution in [3.8, 4) is 5.75 Å². The second-order valence-electron chi connectivity index (χ2n) is 6.11. The van der Waals surface area contributed by atoms with Crippen molar-refractivity contribution < 1.29 is 46.2 Å². The Morgan fingerprint density at radius 2 is 1.66 bits per heavy atom. The molecule has 0 radical (unpaired) electrons. The number of carbonyl (C=O) groups excluding carboxylic acids is 2. The number of ether oxygens (including phenoxy) is 1. The highest BCUT2D eigenvalue weighted by molar-refractivity contribution is 6.32. The zero-order valence-corrected chi connectivity index (χ0v) is 14.8. The molecule has 1 saturated heterocycles. The lowest BCUT2D eigenvalue weighted by Crippen LogP contribution is -2.71. The number of benzene rings is 1. The van der Waals surface area contributed by atoms with Crippen molar-refractivity contribution in [1.82, 2.24) is 10.2 Å². The van der Waals surface area contributed by atoms with Gasteiger partial charge < -0.3 is 15.2 Å². The SMILES string of the molecule is O=C(COc1c(F)c(F)c(F)c(F)c1F)N[C@@H]1C(=O)N2C(C(=O)O)=C(Cl)CC[C@H]12. The van der Waals surface area contributed by atoms with Crippen LogP contribution in [0.3, 0.4) is 0 Å². The van der Waals surface area contributed by atoms with Crippen molar-refractivity contribution in [1.29, 1.82) is 0 Å². The van der Waals surface area contributed by atoms with Gasteiger partial charge in [0, 0.05) is 5.03 Å². The van der Waals surface area contributed by atoms with Crippen LogP contribution >= 0.6 is 11.6 Å². The molecule has 3 rings (SSSR count). The molecule has 1 aromatic carbocycles. The molecule has 2 heterocycles. The monoisotopic (exact) mass is 440 g/mol. The summed E-state index contributed by atoms with van der Waals surface area (Å²) in [5, 5.41) is 11.3. The van der Waals surface area contributed by atoms with Gasteiger partial charge in [-0.25, -0.2) is 18.0 Å². The van der Waals surface area contributed by atoms with Gasteiger partial charge in [-0.1, -0.05) is 11.6 Å². The van der Waals surface area contributed by atoms with Crippen LogP contribution in [0.25, 0.3) is 0 Å². The largest absolute Gasteiger partial charge is 0.477 e. The number of fused-ring (bicyclic) bond motifs is 1. The van der Waals surface area contributed by atoms with Crippen LogP contribution in [0.5, 0.6) is 5.75 Å². The fourth-order valence-corrected chi connectivity index (χ4v) is 3.36. The molecule has 2 aliphatic rings. The standard InChI is InChI=1S/C16H10ClF5N2O5/c17-4-1-2-5-12(15(26)24(5)13(4)16(27)28)23-6(25)3-29-14-10(21)8(19)7(18)9(20)11(14)22/h5,12H,1-3H2,(H,23,25)(H,27,28)/t5-,12+/m1/s1. The number of carboxylic acids is 1. The lowest BCUT2D eigenvalue weighted by Gasteiger charge is -2.49. The first-order valence-corrected chi connectivity index (χ1v) is 8.32. The maximum atomic E-state index is 13.5. The van der Waals surface area contributed by atoms with Gasteiger partial charge in [0.05, 0.1) is 6.04 Å². The molecule has 0 aliphatic carbocycles. The molecule has 0 spiro atoms. The van der Waals surface area contributed by atoms with E-state index in [4.69, 9.17) is 16.7 Å². The number of rotatable bonds is 5. The minimum absolute atomic E-state index is 0.0264. The molecule has 2 aliphatic heterocycles. The number of β-lactam (4-membered cyclic amide) rings is 1. The number of allylic oxidation sites excluding steroid dienone is 1. The van der Waals surface area contributed by atoms with Crippen LogP contribution in [-0.4, -0.2) is 46.5 Å². The van der Waals surface area contributed by atoms with Crippen LogP contribution < -0.4 is 10.1 Å². The second kappa shape index (κ2) is 7.50. The van der Waals surface area contributed by atoms with E-state index in [1.807, 2.05) is 0 Å². The first kappa shape index (κ1) is 20.8. The predicted molar refractivity (Wildman–Crippen MR) is 84.0 cm³/mol. The highest BCUT2D eigenvalue weighted by Crippen LogP contribution is 2.38. The van der Waals surface area contributed by atoms with E-state index in [0.29, 0.717) is 0 Å². The topological polar surface area (TPSA) is 95.9 Å². The van der Waals surface area contributed by atoms with Gasteiger partial charge in [0.1, 0.15) is 11.7 Å². The Labute approximate surface area is 163 Å². The van der Waals surface area contributed by atoms with Gasteiger partial charge in [-0.2, -0.15) is 8.78 Å². The summed E-state index contributed by atoms with van der Waals surface area (Å²) >= 11 is 5.81. The van der Waals surface area contributed by atoms with E-state index < -0.39 is 77.0 Å². The molecule has 1 fully saturated rings. The van der Waals surface area contributed by atoms with Crippen LogP contribution in [0.15, 0.2) is 10.7 Å². The van der Waals surface area contributed by atoms with E-state index in [1.165, 1.54) is 0 Å². The Morgan fingerprint density at radius 3 is 2.21 bits per heavy atom. The van der Waals surface area contributed by atoms with E-state index in [1.54, 1.807) is 0 Å². The summed E-state index contributed by atoms with van der Waals surface area (Å²) in [6.07, 6.45) is 0.385. The predicted octanol–water partition coefficient (Wildman–Crippen LogP) is 1.79. The first-order valence-electron chi connectivity index (χ1n) is 7.94. The van der Waals surface area contributed by atoms with Crippen molar-refractivity contribution in [2.45, 2.75) is 24.9 Å². The summed E-state index contributed by atoms with van der Waals surface area (Å²) in [4.78, 5) is 36.2. The van der Waals surface area contributed by atoms with Crippen molar-refractivity contribution >= 4 is 29.4 Å². The summed E-state index contributed by atoms with van der Waals surface area (Å²) in [5.74, 6) is -16.3. The van der Waals surface area contributed by atoms with Crippen molar-refractivity contribution in [3.05, 3.63) is 39.8 Å². The third-order valence-corrected chi connectivity index (χ3v) is 4.78. The van der Waals surface area contributed by atoms with Gasteiger partial charge in [-0.05, 0) is 12.8 Å². The molecule has 0 unspecified atom stereocenters. The number of amides is 2. The molecule has 7 nitrogen and oxygen atoms in total. The minimum Gasteiger partial charge on any atom is -0.477 e. The number of halogens is 6. The van der Waals surface area contributed by atoms with Crippen LogP contribution in [0, 0.1) is 29.1 Å². The maximum Gasteiger partial charge on any atom is 0.353 e. The number of nitrogens with one attached hydrogen (secondary N) is 1. The Bertz CT molecular complexity index is 941. The first-order chi connectivity index (χ1) is 13.6. The van der Waals surface area contributed by atoms with E-state index in [0.717, 1.165) is 4.90 Å². The lowest BCUT2D eigenvalue weighted by molar-refractivity contribution is -0.156. The summed E-state index contributed by atoms with van der Waals surface area (Å²) in [5.41, 5.74) is -0.406. The molecule has 2 N–H and O–H groups in total. The minimum atomic E-state index is -2.38. The van der Waals surface area contributed by atoms with Crippen LogP contribution in [0.1, 0.15) is 12.8 Å². The Balaban J connectivity index is 1.67. The van der Waals surface area contributed by atoms with Crippen molar-refractivity contribution in [2.24, 2.45) is 0 Å². The normalized spacial score (nSPS) is 20.9. The van der Waals surface area contributed by atoms with Crippen molar-refractivity contribution in [2.75, 3.05) is 6.61 Å². The quantitative estimate of drug-likeness (QED) is 0.315. The summed E-state index contributed by atoms with van der Waals surface area (Å²) < 4.78 is 70.7. The van der Waals surface area contributed by atoms with Crippen LogP contribution in [-0.2, 0) is 14.4 Å². The van der Waals surface area contributed by atoms with Gasteiger partial charge in [0.25, 0.3) is 11.8 Å². The summed E-state index contributed by atoms with van der Waals surface area (Å²) in [6, 6.07) is -1.86. The van der Waals surface area contributed by atoms with Crippen molar-refractivity contribution in [3.63, 3.8) is 0 Å². The van der Waals surface area contributed by atoms with Crippen LogP contribution in [0.4, 0.5) is 22.0 Å². The molecule has 29 heavy (non-hydrogen) atoms. The Hall–Kier alpha value is -2.89. The third-order valence-electron chi connectivity index (χ3n) is 4.41. The number of hydrogen-bond acceptors (Lipinski definition) is 4. The van der Waals surface area contributed by atoms with E-state index in [9.17, 15) is 36.3 Å². The van der Waals surface area contributed by atoms with Gasteiger partial charge >= 0.3 is 5.97 Å². The smallest absolute Gasteiger partial charge is 0.353 e. The molecule has 0 aromatic heterocycles. The molecule has 156 valence electrons. The van der Waals surface area contributed by atoms with Gasteiger partial charge in [0.15, 0.2) is 12.4 Å². The Morgan fingerprint density at radius 1 is 1.10 bits per heavy atom. The molecule has 0 saturated carbocycles. The average Bonchev–Trinajstić information content (AvgIpc) is 2.68. The molecular weight excluding hydrogens is 431 g/mol. The van der Waals surface area contributed by atoms with E-state index in [-0.39, 0.29) is 17.9 Å². The summed E-state index contributed by atoms with van der Waals surface area (Å²) in [6.45, 7) is -1.16. The fraction of sp³-hybridized carbons (Fsp3) is 0.312. The lowest BCUT2D eigenvalue weighted by atomic mass is 9.86. The number of hydrogen-bond donors (Lipinski definition) is 2. The number of aliphatic carboxylic acids is 1. The third kappa shape index (κ3) is 3.37. The van der Waals surface area contributed by atoms with E-state index >= 15 is 0 Å². The molecular formula is C16H10ClF5N2O5. The molecule has 13 heteroatoms. The van der Waals surface area contributed by atoms with Gasteiger partial charge in [-0.3, -0.25) is 14.5 Å². The summed E-state index contributed by atoms with van der Waals surface area (Å²) in [7, 11) is 0. The number of carbonyl (C=O) groups is 3. The highest BCUT2D eigenvalue weighted by Gasteiger charge is 2.53. The fourth-order valence-electron chi connectivity index (χ4n) is 3.08. The number of nitrogens with zero attached hydrogens (tertiary/aromatic N) is 1. The maximum absolute atomic E-state index is 13.5. The molecule has 2 atom stereocenters. The second-order valence-corrected chi connectivity index (χ2v) is 6.56. The van der Waals surface area contributed by atoms with E-state index in [2.05, 4.69) is 10.1 Å².